The van der Waals surface area contributed by atoms with Gasteiger partial charge in [0.1, 0.15) is 0 Å². The van der Waals surface area contributed by atoms with Gasteiger partial charge < -0.3 is 0 Å². The third kappa shape index (κ3) is 3.04. The summed E-state index contributed by atoms with van der Waals surface area (Å²) in [4.78, 5) is 22.1. The van der Waals surface area contributed by atoms with Crippen molar-refractivity contribution < 1.29 is 9.79 Å². The Hall–Kier alpha value is -2.06. The molecular weight excluding hydrogens is 377 g/mol. The molecule has 2 unspecified atom stereocenters. The number of hydrogen-bond donors (Lipinski definition) is 2. The summed E-state index contributed by atoms with van der Waals surface area (Å²) >= 11 is 0. The number of benzene rings is 2. The van der Waals surface area contributed by atoms with E-state index in [1.165, 1.54) is 22.3 Å². The van der Waals surface area contributed by atoms with Gasteiger partial charge in [0, 0.05) is 11.8 Å². The Kier molecular flexibility index (Phi) is 4.58. The van der Waals surface area contributed by atoms with Crippen molar-refractivity contribution in [2.75, 3.05) is 0 Å². The highest BCUT2D eigenvalue weighted by Gasteiger charge is 2.50. The van der Waals surface area contributed by atoms with Gasteiger partial charge in [-0.15, -0.1) is 0 Å². The number of rotatable bonds is 3. The zero-order valence-electron chi connectivity index (χ0n) is 16.8. The summed E-state index contributed by atoms with van der Waals surface area (Å²) in [6.45, 7) is 1.87. The van der Waals surface area contributed by atoms with Gasteiger partial charge >= 0.3 is 7.87 Å². The van der Waals surface area contributed by atoms with Crippen molar-refractivity contribution in [3.8, 4) is 0 Å². The van der Waals surface area contributed by atoms with Crippen molar-refractivity contribution in [3.63, 3.8) is 0 Å². The first-order valence-electron chi connectivity index (χ1n) is 10.5. The standard InChI is InChI=1S/C25H27NO2P/c1-18(19-8-3-2-4-9-19)29(27,28)26-23-13-7-11-21-15-17-25(24(21)23)16-14-20-10-5-6-12-22(20)25/h2-12,18,27-28H,13-17H2,1H3/q+1. The van der Waals surface area contributed by atoms with E-state index in [4.69, 9.17) is 4.76 Å². The summed E-state index contributed by atoms with van der Waals surface area (Å²) in [5.74, 6) is 0. The van der Waals surface area contributed by atoms with Crippen LogP contribution in [0.3, 0.4) is 0 Å². The fourth-order valence-electron chi connectivity index (χ4n) is 5.44. The molecule has 0 aliphatic heterocycles. The first kappa shape index (κ1) is 18.9. The lowest BCUT2D eigenvalue weighted by molar-refractivity contribution is 0.437. The van der Waals surface area contributed by atoms with Gasteiger partial charge in [0.15, 0.2) is 5.66 Å². The van der Waals surface area contributed by atoms with E-state index in [9.17, 15) is 9.79 Å². The van der Waals surface area contributed by atoms with Crippen molar-refractivity contribution in [1.29, 1.82) is 0 Å². The van der Waals surface area contributed by atoms with Crippen LogP contribution in [0.2, 0.25) is 0 Å². The van der Waals surface area contributed by atoms with Gasteiger partial charge in [-0.3, -0.25) is 0 Å². The number of nitrogens with zero attached hydrogens (tertiary/aromatic N) is 1. The SMILES string of the molecule is CC(c1ccccc1)[P+](O)(O)N=C1CC=CC2=C1C1(CC2)CCc2ccccc21. The average molecular weight is 404 g/mol. The fourth-order valence-corrected chi connectivity index (χ4v) is 6.72. The van der Waals surface area contributed by atoms with Crippen molar-refractivity contribution in [2.45, 2.75) is 50.1 Å². The van der Waals surface area contributed by atoms with E-state index in [1.807, 2.05) is 37.3 Å². The number of hydrogen-bond acceptors (Lipinski definition) is 3. The minimum absolute atomic E-state index is 0.00843. The first-order chi connectivity index (χ1) is 14.0. The van der Waals surface area contributed by atoms with Crippen LogP contribution in [0.25, 0.3) is 0 Å². The van der Waals surface area contributed by atoms with Crippen molar-refractivity contribution in [3.05, 3.63) is 94.6 Å². The zero-order chi connectivity index (χ0) is 20.1. The summed E-state index contributed by atoms with van der Waals surface area (Å²) in [7, 11) is -3.49. The van der Waals surface area contributed by atoms with Crippen molar-refractivity contribution in [1.82, 2.24) is 0 Å². The second kappa shape index (κ2) is 7.02. The molecular formula is C25H27NO2P+. The molecule has 1 spiro atoms. The van der Waals surface area contributed by atoms with E-state index >= 15 is 0 Å². The lowest BCUT2D eigenvalue weighted by Gasteiger charge is -2.31. The van der Waals surface area contributed by atoms with Gasteiger partial charge in [-0.05, 0) is 60.4 Å². The minimum atomic E-state index is -3.49. The van der Waals surface area contributed by atoms with Crippen LogP contribution in [0.5, 0.6) is 0 Å². The van der Waals surface area contributed by atoms with E-state index in [1.54, 1.807) is 0 Å². The number of fused-ring (bicyclic) bond motifs is 3. The summed E-state index contributed by atoms with van der Waals surface area (Å²) in [5, 5.41) is 0. The topological polar surface area (TPSA) is 52.8 Å². The predicted octanol–water partition coefficient (Wildman–Crippen LogP) is 5.87. The highest BCUT2D eigenvalue weighted by atomic mass is 31.2. The maximum atomic E-state index is 11.1. The monoisotopic (exact) mass is 404 g/mol. The Bertz CT molecular complexity index is 1040. The molecule has 5 rings (SSSR count). The second-order valence-corrected chi connectivity index (χ2v) is 10.7. The maximum absolute atomic E-state index is 11.1. The molecule has 0 radical (unpaired) electrons. The van der Waals surface area contributed by atoms with Gasteiger partial charge in [-0.25, -0.2) is 0 Å². The third-order valence-corrected chi connectivity index (χ3v) is 8.84. The number of aryl methyl sites for hydroxylation is 1. The number of allylic oxidation sites excluding steroid dienone is 4. The molecule has 0 saturated heterocycles. The third-order valence-electron chi connectivity index (χ3n) is 6.96. The predicted molar refractivity (Wildman–Crippen MR) is 120 cm³/mol. The van der Waals surface area contributed by atoms with E-state index in [0.29, 0.717) is 6.42 Å². The highest BCUT2D eigenvalue weighted by Crippen LogP contribution is 2.65. The van der Waals surface area contributed by atoms with Gasteiger partial charge in [0.2, 0.25) is 0 Å². The van der Waals surface area contributed by atoms with Crippen LogP contribution in [0, 0.1) is 0 Å². The molecule has 3 aliphatic carbocycles. The summed E-state index contributed by atoms with van der Waals surface area (Å²) in [6, 6.07) is 18.5. The molecule has 0 heterocycles. The molecule has 3 nitrogen and oxygen atoms in total. The lowest BCUT2D eigenvalue weighted by Crippen LogP contribution is -2.28. The van der Waals surface area contributed by atoms with E-state index in [-0.39, 0.29) is 5.41 Å². The van der Waals surface area contributed by atoms with E-state index in [0.717, 1.165) is 37.0 Å². The molecule has 29 heavy (non-hydrogen) atoms. The summed E-state index contributed by atoms with van der Waals surface area (Å²) in [6.07, 6.45) is 9.35. The molecule has 0 amide bonds. The smallest absolute Gasteiger partial charge is 0.196 e. The Morgan fingerprint density at radius 1 is 0.966 bits per heavy atom. The molecule has 2 aromatic rings. The fraction of sp³-hybridized carbons (Fsp3) is 0.320. The molecule has 148 valence electrons. The van der Waals surface area contributed by atoms with E-state index in [2.05, 4.69) is 36.4 Å². The van der Waals surface area contributed by atoms with Crippen LogP contribution in [0.4, 0.5) is 0 Å². The van der Waals surface area contributed by atoms with Crippen LogP contribution < -0.4 is 0 Å². The van der Waals surface area contributed by atoms with Crippen LogP contribution in [0.1, 0.15) is 55.0 Å². The van der Waals surface area contributed by atoms with Crippen molar-refractivity contribution in [2.24, 2.45) is 4.76 Å². The Morgan fingerprint density at radius 2 is 1.69 bits per heavy atom. The molecule has 2 N–H and O–H groups in total. The lowest BCUT2D eigenvalue weighted by atomic mass is 9.73. The summed E-state index contributed by atoms with van der Waals surface area (Å²) in [5.41, 5.74) is 6.86. The second-order valence-electron chi connectivity index (χ2n) is 8.49. The molecule has 4 heteroatoms. The molecule has 0 aromatic heterocycles. The Morgan fingerprint density at radius 3 is 2.52 bits per heavy atom. The van der Waals surface area contributed by atoms with Gasteiger partial charge in [0.05, 0.1) is 5.71 Å². The van der Waals surface area contributed by atoms with Crippen LogP contribution >= 0.6 is 7.87 Å². The summed E-state index contributed by atoms with van der Waals surface area (Å²) < 4.78 is 4.71. The first-order valence-corrected chi connectivity index (χ1v) is 12.2. The minimum Gasteiger partial charge on any atom is -0.196 e. The van der Waals surface area contributed by atoms with Gasteiger partial charge in [-0.1, -0.05) is 71.5 Å². The highest BCUT2D eigenvalue weighted by molar-refractivity contribution is 7.63. The molecule has 2 aromatic carbocycles. The van der Waals surface area contributed by atoms with Crippen LogP contribution in [-0.2, 0) is 11.8 Å². The van der Waals surface area contributed by atoms with Crippen LogP contribution in [0.15, 0.2) is 82.7 Å². The molecule has 0 bridgehead atoms. The van der Waals surface area contributed by atoms with Crippen LogP contribution in [-0.4, -0.2) is 15.5 Å². The molecule has 3 aliphatic rings. The Labute approximate surface area is 173 Å². The largest absolute Gasteiger partial charge is 0.396 e. The van der Waals surface area contributed by atoms with E-state index < -0.39 is 13.5 Å². The molecule has 2 atom stereocenters. The van der Waals surface area contributed by atoms with Crippen molar-refractivity contribution >= 4 is 13.6 Å². The molecule has 0 saturated carbocycles. The molecule has 0 fully saturated rings. The normalized spacial score (nSPS) is 25.6. The maximum Gasteiger partial charge on any atom is 0.396 e. The Balaban J connectivity index is 1.57. The quantitative estimate of drug-likeness (QED) is 0.629. The zero-order valence-corrected chi connectivity index (χ0v) is 17.6. The van der Waals surface area contributed by atoms with Gasteiger partial charge in [-0.2, -0.15) is 9.79 Å². The average Bonchev–Trinajstić information content (AvgIpc) is 3.31. The van der Waals surface area contributed by atoms with Gasteiger partial charge in [0.25, 0.3) is 0 Å².